The molecule has 6 heteroatoms. The molecule has 0 aromatic heterocycles. The van der Waals surface area contributed by atoms with Crippen LogP contribution >= 0.6 is 12.4 Å². The van der Waals surface area contributed by atoms with Crippen molar-refractivity contribution < 1.29 is 4.92 Å². The quantitative estimate of drug-likeness (QED) is 0.382. The molecule has 0 heterocycles. The molecule has 0 spiro atoms. The molecule has 1 rings (SSSR count). The number of amidine groups is 1. The lowest BCUT2D eigenvalue weighted by Gasteiger charge is -1.92. The monoisotopic (exact) mass is 241 g/mol. The first-order valence-electron chi connectivity index (χ1n) is 4.30. The largest absolute Gasteiger partial charge is 0.387 e. The van der Waals surface area contributed by atoms with Crippen LogP contribution in [0.5, 0.6) is 0 Å². The molecule has 0 saturated carbocycles. The van der Waals surface area contributed by atoms with Gasteiger partial charge in [-0.2, -0.15) is 0 Å². The fourth-order valence-corrected chi connectivity index (χ4v) is 0.948. The Balaban J connectivity index is 0.00000225. The fraction of sp³-hybridized carbons (Fsp3) is 0.100. The van der Waals surface area contributed by atoms with Gasteiger partial charge in [-0.25, -0.2) is 4.99 Å². The predicted molar refractivity (Wildman–Crippen MR) is 66.7 cm³/mol. The highest BCUT2D eigenvalue weighted by molar-refractivity contribution is 5.85. The molecule has 0 radical (unpaired) electrons. The van der Waals surface area contributed by atoms with Crippen molar-refractivity contribution in [3.05, 3.63) is 46.1 Å². The van der Waals surface area contributed by atoms with Gasteiger partial charge >= 0.3 is 0 Å². The van der Waals surface area contributed by atoms with Gasteiger partial charge in [0, 0.05) is 18.3 Å². The van der Waals surface area contributed by atoms with Crippen molar-refractivity contribution in [2.75, 3.05) is 0 Å². The van der Waals surface area contributed by atoms with Gasteiger partial charge in [-0.1, -0.05) is 0 Å². The molecule has 0 saturated heterocycles. The third-order valence-electron chi connectivity index (χ3n) is 1.65. The molecular formula is C10H12ClN3O2. The first-order valence-corrected chi connectivity index (χ1v) is 4.30. The third-order valence-corrected chi connectivity index (χ3v) is 1.65. The van der Waals surface area contributed by atoms with Crippen LogP contribution in [0, 0.1) is 10.1 Å². The lowest BCUT2D eigenvalue weighted by molar-refractivity contribution is -0.384. The zero-order chi connectivity index (χ0) is 11.3. The van der Waals surface area contributed by atoms with Crippen LogP contribution in [0.4, 0.5) is 5.69 Å². The first-order chi connectivity index (χ1) is 7.09. The van der Waals surface area contributed by atoms with Gasteiger partial charge in [0.05, 0.1) is 10.8 Å². The number of nitro benzene ring substituents is 1. The number of benzene rings is 1. The van der Waals surface area contributed by atoms with E-state index in [-0.39, 0.29) is 18.1 Å². The molecule has 0 aliphatic heterocycles. The molecular weight excluding hydrogens is 230 g/mol. The van der Waals surface area contributed by atoms with Crippen LogP contribution in [-0.4, -0.2) is 10.8 Å². The van der Waals surface area contributed by atoms with E-state index < -0.39 is 4.92 Å². The SMILES string of the molecule is CC(N)=N/C=C/c1ccc([N+](=O)[O-])cc1.Cl. The Bertz CT molecular complexity index is 409. The van der Waals surface area contributed by atoms with Crippen LogP contribution in [0.1, 0.15) is 12.5 Å². The molecule has 0 amide bonds. The van der Waals surface area contributed by atoms with Crippen molar-refractivity contribution in [1.82, 2.24) is 0 Å². The minimum atomic E-state index is -0.435. The average Bonchev–Trinajstić information content (AvgIpc) is 2.18. The zero-order valence-corrected chi connectivity index (χ0v) is 9.48. The summed E-state index contributed by atoms with van der Waals surface area (Å²) < 4.78 is 0. The van der Waals surface area contributed by atoms with Gasteiger partial charge in [-0.3, -0.25) is 10.1 Å². The molecule has 5 nitrogen and oxygen atoms in total. The zero-order valence-electron chi connectivity index (χ0n) is 8.66. The number of non-ortho nitro benzene ring substituents is 1. The normalized spacial score (nSPS) is 11.2. The highest BCUT2D eigenvalue weighted by Gasteiger charge is 2.01. The fourth-order valence-electron chi connectivity index (χ4n) is 0.948. The number of halogens is 1. The molecule has 0 unspecified atom stereocenters. The van der Waals surface area contributed by atoms with Gasteiger partial charge in [0.25, 0.3) is 5.69 Å². The van der Waals surface area contributed by atoms with Crippen LogP contribution in [0.3, 0.4) is 0 Å². The Hall–Kier alpha value is -1.88. The van der Waals surface area contributed by atoms with Crippen molar-refractivity contribution in [2.45, 2.75) is 6.92 Å². The van der Waals surface area contributed by atoms with Crippen LogP contribution in [-0.2, 0) is 0 Å². The molecule has 1 aromatic rings. The maximum absolute atomic E-state index is 10.4. The Labute approximate surface area is 99.2 Å². The van der Waals surface area contributed by atoms with E-state index >= 15 is 0 Å². The van der Waals surface area contributed by atoms with Crippen LogP contribution in [0.15, 0.2) is 35.5 Å². The second kappa shape index (κ2) is 6.58. The van der Waals surface area contributed by atoms with Crippen molar-refractivity contribution >= 4 is 30.0 Å². The molecule has 0 bridgehead atoms. The molecule has 1 aromatic carbocycles. The minimum absolute atomic E-state index is 0. The Morgan fingerprint density at radius 1 is 1.44 bits per heavy atom. The summed E-state index contributed by atoms with van der Waals surface area (Å²) >= 11 is 0. The summed E-state index contributed by atoms with van der Waals surface area (Å²) in [6.45, 7) is 1.68. The van der Waals surface area contributed by atoms with Crippen molar-refractivity contribution in [3.8, 4) is 0 Å². The van der Waals surface area contributed by atoms with E-state index in [1.54, 1.807) is 31.3 Å². The molecule has 0 aliphatic carbocycles. The highest BCUT2D eigenvalue weighted by atomic mass is 35.5. The van der Waals surface area contributed by atoms with Gasteiger partial charge in [0.1, 0.15) is 0 Å². The molecule has 86 valence electrons. The maximum atomic E-state index is 10.4. The van der Waals surface area contributed by atoms with Crippen LogP contribution in [0.2, 0.25) is 0 Å². The van der Waals surface area contributed by atoms with Crippen molar-refractivity contribution in [1.29, 1.82) is 0 Å². The van der Waals surface area contributed by atoms with Crippen molar-refractivity contribution in [3.63, 3.8) is 0 Å². The Morgan fingerprint density at radius 3 is 2.44 bits per heavy atom. The lowest BCUT2D eigenvalue weighted by atomic mass is 10.2. The van der Waals surface area contributed by atoms with E-state index in [4.69, 9.17) is 5.73 Å². The standard InChI is InChI=1S/C10H11N3O2.ClH/c1-8(11)12-7-6-9-2-4-10(5-3-9)13(14)15;/h2-7H,1H3,(H2,11,12);1H/b7-6+;. The third kappa shape index (κ3) is 4.56. The number of nitro groups is 1. The van der Waals surface area contributed by atoms with Gasteiger partial charge in [0.2, 0.25) is 0 Å². The first kappa shape index (κ1) is 14.1. The number of aliphatic imine (C=N–C) groups is 1. The molecule has 2 N–H and O–H groups in total. The molecule has 0 aliphatic rings. The topological polar surface area (TPSA) is 81.5 Å². The van der Waals surface area contributed by atoms with Crippen LogP contribution in [0.25, 0.3) is 6.08 Å². The number of nitrogens with zero attached hydrogens (tertiary/aromatic N) is 2. The molecule has 0 fully saturated rings. The van der Waals surface area contributed by atoms with Gasteiger partial charge < -0.3 is 5.73 Å². The summed E-state index contributed by atoms with van der Waals surface area (Å²) in [5.74, 6) is 0.466. The average molecular weight is 242 g/mol. The second-order valence-electron chi connectivity index (χ2n) is 2.93. The van der Waals surface area contributed by atoms with E-state index in [1.165, 1.54) is 12.1 Å². The summed E-state index contributed by atoms with van der Waals surface area (Å²) in [6, 6.07) is 6.18. The van der Waals surface area contributed by atoms with Gasteiger partial charge in [-0.15, -0.1) is 12.4 Å². The Kier molecular flexibility index (Phi) is 5.80. The summed E-state index contributed by atoms with van der Waals surface area (Å²) in [4.78, 5) is 13.8. The summed E-state index contributed by atoms with van der Waals surface area (Å²) in [7, 11) is 0. The van der Waals surface area contributed by atoms with Gasteiger partial charge in [0.15, 0.2) is 0 Å². The number of nitrogens with two attached hydrogens (primary N) is 1. The maximum Gasteiger partial charge on any atom is 0.269 e. The molecule has 16 heavy (non-hydrogen) atoms. The second-order valence-corrected chi connectivity index (χ2v) is 2.93. The summed E-state index contributed by atoms with van der Waals surface area (Å²) in [6.07, 6.45) is 3.27. The number of hydrogen-bond acceptors (Lipinski definition) is 3. The van der Waals surface area contributed by atoms with E-state index in [0.29, 0.717) is 5.84 Å². The number of hydrogen-bond donors (Lipinski definition) is 1. The van der Waals surface area contributed by atoms with E-state index in [2.05, 4.69) is 4.99 Å². The summed E-state index contributed by atoms with van der Waals surface area (Å²) in [5, 5.41) is 10.4. The van der Waals surface area contributed by atoms with Crippen LogP contribution < -0.4 is 5.73 Å². The highest BCUT2D eigenvalue weighted by Crippen LogP contribution is 2.12. The lowest BCUT2D eigenvalue weighted by Crippen LogP contribution is -2.03. The smallest absolute Gasteiger partial charge is 0.269 e. The van der Waals surface area contributed by atoms with E-state index in [9.17, 15) is 10.1 Å². The number of rotatable bonds is 3. The minimum Gasteiger partial charge on any atom is -0.387 e. The Morgan fingerprint density at radius 2 is 2.00 bits per heavy atom. The predicted octanol–water partition coefficient (Wildman–Crippen LogP) is 2.36. The molecule has 0 atom stereocenters. The van der Waals surface area contributed by atoms with Gasteiger partial charge in [-0.05, 0) is 30.7 Å². The summed E-state index contributed by atoms with van der Waals surface area (Å²) in [5.41, 5.74) is 6.24. The van der Waals surface area contributed by atoms with Crippen molar-refractivity contribution in [2.24, 2.45) is 10.7 Å². The van der Waals surface area contributed by atoms with E-state index in [1.807, 2.05) is 0 Å². The van der Waals surface area contributed by atoms with E-state index in [0.717, 1.165) is 5.56 Å².